The van der Waals surface area contributed by atoms with E-state index >= 15 is 0 Å². The zero-order valence-corrected chi connectivity index (χ0v) is 14.7. The van der Waals surface area contributed by atoms with Crippen LogP contribution in [0.4, 0.5) is 5.69 Å². The molecule has 1 aliphatic rings. The van der Waals surface area contributed by atoms with Crippen LogP contribution >= 0.6 is 0 Å². The van der Waals surface area contributed by atoms with Gasteiger partial charge in [-0.15, -0.1) is 0 Å². The number of hydrogen-bond acceptors (Lipinski definition) is 3. The summed E-state index contributed by atoms with van der Waals surface area (Å²) < 4.78 is 11.3. The summed E-state index contributed by atoms with van der Waals surface area (Å²) in [6, 6.07) is 25.1. The van der Waals surface area contributed by atoms with Crippen molar-refractivity contribution in [2.24, 2.45) is 0 Å². The van der Waals surface area contributed by atoms with Crippen molar-refractivity contribution in [1.29, 1.82) is 0 Å². The molecule has 0 fully saturated rings. The highest BCUT2D eigenvalue weighted by Crippen LogP contribution is 2.31. The van der Waals surface area contributed by atoms with E-state index in [1.54, 1.807) is 6.07 Å². The van der Waals surface area contributed by atoms with Gasteiger partial charge >= 0.3 is 0 Å². The summed E-state index contributed by atoms with van der Waals surface area (Å²) in [5.74, 6) is 1.03. The molecule has 1 heterocycles. The molecule has 0 aliphatic carbocycles. The molecule has 0 spiro atoms. The van der Waals surface area contributed by atoms with E-state index in [2.05, 4.69) is 23.5 Å². The van der Waals surface area contributed by atoms with Crippen LogP contribution < -0.4 is 14.8 Å². The van der Waals surface area contributed by atoms with Gasteiger partial charge in [0.05, 0.1) is 0 Å². The van der Waals surface area contributed by atoms with Crippen molar-refractivity contribution >= 4 is 23.7 Å². The number of para-hydroxylation sites is 2. The number of hydrogen-bond donors (Lipinski definition) is 1. The molecule has 0 bridgehead atoms. The molecule has 0 saturated carbocycles. The quantitative estimate of drug-likeness (QED) is 0.692. The molecule has 0 aromatic heterocycles. The highest BCUT2D eigenvalue weighted by atomic mass is 16.6. The Bertz CT molecular complexity index is 949. The third-order valence-corrected chi connectivity index (χ3v) is 4.25. The molecule has 4 nitrogen and oxygen atoms in total. The summed E-state index contributed by atoms with van der Waals surface area (Å²) in [5, 5.41) is 2.88. The monoisotopic (exact) mass is 357 g/mol. The van der Waals surface area contributed by atoms with Crippen molar-refractivity contribution in [3.05, 3.63) is 90.0 Å². The van der Waals surface area contributed by atoms with Crippen molar-refractivity contribution in [3.8, 4) is 11.5 Å². The van der Waals surface area contributed by atoms with E-state index in [1.807, 2.05) is 66.7 Å². The van der Waals surface area contributed by atoms with Gasteiger partial charge in [0.15, 0.2) is 11.5 Å². The zero-order valence-electron chi connectivity index (χ0n) is 14.7. The predicted octanol–water partition coefficient (Wildman–Crippen LogP) is 4.64. The van der Waals surface area contributed by atoms with E-state index < -0.39 is 6.10 Å². The highest BCUT2D eigenvalue weighted by Gasteiger charge is 2.27. The molecule has 0 saturated heterocycles. The number of ether oxygens (including phenoxy) is 2. The van der Waals surface area contributed by atoms with Gasteiger partial charge in [0.1, 0.15) is 6.61 Å². The second kappa shape index (κ2) is 7.79. The largest absolute Gasteiger partial charge is 0.485 e. The second-order valence-electron chi connectivity index (χ2n) is 6.22. The molecule has 134 valence electrons. The van der Waals surface area contributed by atoms with Gasteiger partial charge in [0.2, 0.25) is 6.10 Å². The Balaban J connectivity index is 1.37. The smallest absolute Gasteiger partial charge is 0.269 e. The lowest BCUT2D eigenvalue weighted by atomic mass is 10.1. The first-order valence-electron chi connectivity index (χ1n) is 8.80. The number of rotatable bonds is 4. The van der Waals surface area contributed by atoms with Gasteiger partial charge in [0.25, 0.3) is 5.91 Å². The molecule has 3 aromatic rings. The minimum Gasteiger partial charge on any atom is -0.485 e. The molecular formula is C23H19NO3. The minimum atomic E-state index is -0.669. The summed E-state index contributed by atoms with van der Waals surface area (Å²) in [7, 11) is 0. The molecule has 1 unspecified atom stereocenters. The number of carbonyl (C=O) groups excluding carboxylic acids is 1. The first kappa shape index (κ1) is 16.9. The molecule has 1 N–H and O–H groups in total. The van der Waals surface area contributed by atoms with Crippen molar-refractivity contribution in [2.45, 2.75) is 6.10 Å². The van der Waals surface area contributed by atoms with Crippen LogP contribution in [-0.4, -0.2) is 18.6 Å². The van der Waals surface area contributed by atoms with Gasteiger partial charge in [-0.05, 0) is 35.4 Å². The van der Waals surface area contributed by atoms with Gasteiger partial charge in [-0.1, -0.05) is 66.7 Å². The summed E-state index contributed by atoms with van der Waals surface area (Å²) in [4.78, 5) is 12.4. The number of fused-ring (bicyclic) bond motifs is 1. The van der Waals surface area contributed by atoms with Gasteiger partial charge in [-0.2, -0.15) is 0 Å². The predicted molar refractivity (Wildman–Crippen MR) is 107 cm³/mol. The van der Waals surface area contributed by atoms with Crippen molar-refractivity contribution in [2.75, 3.05) is 11.9 Å². The van der Waals surface area contributed by atoms with E-state index in [4.69, 9.17) is 9.47 Å². The standard InChI is InChI=1S/C23H19NO3/c25-23(22-16-26-20-8-4-5-9-21(20)27-22)24-19-14-12-18(13-15-19)11-10-17-6-2-1-3-7-17/h1-15,22H,16H2,(H,24,25)/b11-10+. The lowest BCUT2D eigenvalue weighted by Gasteiger charge is -2.25. The molecule has 4 heteroatoms. The highest BCUT2D eigenvalue weighted by molar-refractivity contribution is 5.94. The molecule has 1 atom stereocenters. The Morgan fingerprint density at radius 2 is 1.44 bits per heavy atom. The van der Waals surface area contributed by atoms with Crippen LogP contribution in [0.1, 0.15) is 11.1 Å². The Morgan fingerprint density at radius 1 is 0.815 bits per heavy atom. The van der Waals surface area contributed by atoms with Gasteiger partial charge in [0, 0.05) is 5.69 Å². The molecule has 27 heavy (non-hydrogen) atoms. The molecule has 3 aromatic carbocycles. The fourth-order valence-corrected chi connectivity index (χ4v) is 2.81. The first-order chi connectivity index (χ1) is 13.3. The lowest BCUT2D eigenvalue weighted by molar-refractivity contribution is -0.125. The van der Waals surface area contributed by atoms with Crippen molar-refractivity contribution in [3.63, 3.8) is 0 Å². The number of carbonyl (C=O) groups is 1. The normalized spacial score (nSPS) is 15.5. The van der Waals surface area contributed by atoms with Crippen LogP contribution in [0, 0.1) is 0 Å². The van der Waals surface area contributed by atoms with E-state index in [0.717, 1.165) is 16.8 Å². The molecule has 1 amide bonds. The maximum absolute atomic E-state index is 12.4. The Hall–Kier alpha value is -3.53. The maximum Gasteiger partial charge on any atom is 0.269 e. The number of benzene rings is 3. The third kappa shape index (κ3) is 4.18. The first-order valence-corrected chi connectivity index (χ1v) is 8.80. The van der Waals surface area contributed by atoms with Gasteiger partial charge in [-0.3, -0.25) is 4.79 Å². The topological polar surface area (TPSA) is 47.6 Å². The fraction of sp³-hybridized carbons (Fsp3) is 0.0870. The van der Waals surface area contributed by atoms with Crippen LogP contribution in [0.25, 0.3) is 12.2 Å². The average molecular weight is 357 g/mol. The van der Waals surface area contributed by atoms with Gasteiger partial charge < -0.3 is 14.8 Å². The van der Waals surface area contributed by atoms with Crippen molar-refractivity contribution < 1.29 is 14.3 Å². The van der Waals surface area contributed by atoms with E-state index in [9.17, 15) is 4.79 Å². The summed E-state index contributed by atoms with van der Waals surface area (Å²) >= 11 is 0. The molecule has 4 rings (SSSR count). The Kier molecular flexibility index (Phi) is 4.88. The van der Waals surface area contributed by atoms with E-state index in [0.29, 0.717) is 11.5 Å². The van der Waals surface area contributed by atoms with Crippen LogP contribution in [-0.2, 0) is 4.79 Å². The molecular weight excluding hydrogens is 338 g/mol. The third-order valence-electron chi connectivity index (χ3n) is 4.25. The lowest BCUT2D eigenvalue weighted by Crippen LogP contribution is -2.40. The molecule has 1 aliphatic heterocycles. The fourth-order valence-electron chi connectivity index (χ4n) is 2.81. The SMILES string of the molecule is O=C(Nc1ccc(/C=C/c2ccccc2)cc1)C1COc2ccccc2O1. The van der Waals surface area contributed by atoms with E-state index in [1.165, 1.54) is 0 Å². The summed E-state index contributed by atoms with van der Waals surface area (Å²) in [6.07, 6.45) is 3.42. The second-order valence-corrected chi connectivity index (χ2v) is 6.22. The van der Waals surface area contributed by atoms with Crippen LogP contribution in [0.3, 0.4) is 0 Å². The Morgan fingerprint density at radius 3 is 2.19 bits per heavy atom. The minimum absolute atomic E-state index is 0.195. The van der Waals surface area contributed by atoms with E-state index in [-0.39, 0.29) is 12.5 Å². The van der Waals surface area contributed by atoms with Crippen LogP contribution in [0.15, 0.2) is 78.9 Å². The number of amides is 1. The Labute approximate surface area is 158 Å². The zero-order chi connectivity index (χ0) is 18.5. The number of nitrogens with one attached hydrogen (secondary N) is 1. The van der Waals surface area contributed by atoms with Crippen LogP contribution in [0.2, 0.25) is 0 Å². The van der Waals surface area contributed by atoms with Gasteiger partial charge in [-0.25, -0.2) is 0 Å². The summed E-state index contributed by atoms with van der Waals surface area (Å²) in [6.45, 7) is 0.195. The van der Waals surface area contributed by atoms with Crippen molar-refractivity contribution in [1.82, 2.24) is 0 Å². The number of anilines is 1. The summed E-state index contributed by atoms with van der Waals surface area (Å²) in [5.41, 5.74) is 2.92. The average Bonchev–Trinajstić information content (AvgIpc) is 2.73. The maximum atomic E-state index is 12.4. The molecule has 0 radical (unpaired) electrons. The van der Waals surface area contributed by atoms with Crippen LogP contribution in [0.5, 0.6) is 11.5 Å².